The Balaban J connectivity index is 1.02. The minimum Gasteiger partial charge on any atom is -0.508 e. The summed E-state index contributed by atoms with van der Waals surface area (Å²) in [6, 6.07) is 7.27. The van der Waals surface area contributed by atoms with Crippen molar-refractivity contribution in [1.29, 1.82) is 0 Å². The fourth-order valence-electron chi connectivity index (χ4n) is 10.1. The number of hydrogen-bond acceptors (Lipinski definition) is 11. The fraction of sp³-hybridized carbons (Fsp3) is 0.439. The molecule has 0 spiro atoms. The van der Waals surface area contributed by atoms with Gasteiger partial charge in [-0.05, 0) is 81.5 Å². The van der Waals surface area contributed by atoms with E-state index in [0.717, 1.165) is 57.7 Å². The van der Waals surface area contributed by atoms with Gasteiger partial charge in [0.15, 0.2) is 5.82 Å². The summed E-state index contributed by atoms with van der Waals surface area (Å²) in [5.74, 6) is -0.0161. The number of nitrogens with one attached hydrogen (secondary N) is 1. The number of phenols is 1. The van der Waals surface area contributed by atoms with E-state index in [2.05, 4.69) is 31.0 Å². The lowest BCUT2D eigenvalue weighted by Crippen LogP contribution is -2.58. The van der Waals surface area contributed by atoms with E-state index in [-0.39, 0.29) is 82.7 Å². The average Bonchev–Trinajstić information content (AvgIpc) is 3.86. The van der Waals surface area contributed by atoms with E-state index >= 15 is 8.78 Å². The highest BCUT2D eigenvalue weighted by molar-refractivity contribution is 6.03. The van der Waals surface area contributed by atoms with Crippen LogP contribution in [0.4, 0.5) is 27.8 Å². The van der Waals surface area contributed by atoms with Crippen LogP contribution in [0.15, 0.2) is 36.5 Å². The lowest BCUT2D eigenvalue weighted by atomic mass is 9.95. The van der Waals surface area contributed by atoms with E-state index < -0.39 is 29.2 Å². The van der Waals surface area contributed by atoms with Gasteiger partial charge in [0.25, 0.3) is 0 Å². The minimum absolute atomic E-state index is 0.00347. The number of alkyl halides is 3. The van der Waals surface area contributed by atoms with Gasteiger partial charge in [-0.3, -0.25) is 4.90 Å². The molecule has 0 saturated carbocycles. The summed E-state index contributed by atoms with van der Waals surface area (Å²) in [6.45, 7) is 1.76. The predicted octanol–water partition coefficient (Wildman–Crippen LogP) is 6.33. The summed E-state index contributed by atoms with van der Waals surface area (Å²) < 4.78 is 84.4. The standard InChI is InChI=1S/C41H37F5N8O3/c1-2-25-27(42)6-4-21-16-24(55)17-26(32(21)25)35-34(43)36-33-29(49-35)8-9-30-28-7-5-22(48-28)18-53(30)37(33)52-39(51-36)57-20-40-12-3-15-54(40)23(10-13-40)19-56-31-11-14-47-38(50-31)41(44,45)46/h1,4,6,11,14,16-17,22-23,28,30,48,55H,3,5,7-10,12-13,15,18-20H2/t22-,23+,28+,30-,40+/m1/s1. The molecule has 2 N–H and O–H groups in total. The topological polar surface area (TPSA) is 122 Å². The van der Waals surface area contributed by atoms with Crippen molar-refractivity contribution in [2.45, 2.75) is 87.2 Å². The number of fused-ring (bicyclic) bond motifs is 7. The molecular weight excluding hydrogens is 747 g/mol. The molecule has 0 amide bonds. The lowest BCUT2D eigenvalue weighted by molar-refractivity contribution is -0.145. The van der Waals surface area contributed by atoms with Crippen molar-refractivity contribution in [1.82, 2.24) is 35.1 Å². The second kappa shape index (κ2) is 13.3. The molecule has 10 rings (SSSR count). The molecule has 294 valence electrons. The van der Waals surface area contributed by atoms with Gasteiger partial charge in [-0.2, -0.15) is 28.1 Å². The van der Waals surface area contributed by atoms with E-state index in [0.29, 0.717) is 35.2 Å². The van der Waals surface area contributed by atoms with Crippen LogP contribution in [0.1, 0.15) is 62.0 Å². The van der Waals surface area contributed by atoms with E-state index in [1.54, 1.807) is 0 Å². The summed E-state index contributed by atoms with van der Waals surface area (Å²) in [6.07, 6.45) is 8.54. The SMILES string of the molecule is C#Cc1c(F)ccc2cc(O)cc(-c3nc4c5c(nc(OC[C@@]67CCCN6[C@H](COc6ccnc(C(F)(F)F)n6)CC7)nc5c3F)N3C[C@H]5CC[C@H](N5)[C@H]3CC4)c12. The molecule has 5 aliphatic heterocycles. The van der Waals surface area contributed by atoms with Crippen molar-refractivity contribution in [3.8, 4) is 41.2 Å². The first kappa shape index (κ1) is 36.0. The number of aromatic nitrogens is 5. The van der Waals surface area contributed by atoms with Crippen LogP contribution in [-0.4, -0.2) is 90.9 Å². The van der Waals surface area contributed by atoms with E-state index in [9.17, 15) is 18.3 Å². The molecule has 5 aromatic rings. The van der Waals surface area contributed by atoms with Crippen LogP contribution >= 0.6 is 0 Å². The van der Waals surface area contributed by atoms with Crippen molar-refractivity contribution in [2.24, 2.45) is 0 Å². The number of aromatic hydroxyl groups is 1. The van der Waals surface area contributed by atoms with Crippen molar-refractivity contribution < 1.29 is 36.5 Å². The number of nitrogens with zero attached hydrogens (tertiary/aromatic N) is 7. The highest BCUT2D eigenvalue weighted by Gasteiger charge is 2.50. The van der Waals surface area contributed by atoms with Gasteiger partial charge in [0.05, 0.1) is 22.2 Å². The zero-order valence-electron chi connectivity index (χ0n) is 30.6. The van der Waals surface area contributed by atoms with Crippen molar-refractivity contribution in [3.63, 3.8) is 0 Å². The molecule has 0 radical (unpaired) electrons. The number of aryl methyl sites for hydroxylation is 1. The number of anilines is 1. The molecular formula is C41H37F5N8O3. The predicted molar refractivity (Wildman–Crippen MR) is 199 cm³/mol. The number of benzene rings is 2. The summed E-state index contributed by atoms with van der Waals surface area (Å²) in [5, 5.41) is 15.7. The third-order valence-electron chi connectivity index (χ3n) is 12.6. The number of terminal acetylenes is 1. The summed E-state index contributed by atoms with van der Waals surface area (Å²) in [4.78, 5) is 26.0. The molecule has 11 nitrogen and oxygen atoms in total. The van der Waals surface area contributed by atoms with Gasteiger partial charge in [-0.25, -0.2) is 18.7 Å². The fourth-order valence-corrected chi connectivity index (χ4v) is 10.1. The summed E-state index contributed by atoms with van der Waals surface area (Å²) >= 11 is 0. The molecule has 2 aromatic carbocycles. The van der Waals surface area contributed by atoms with Crippen LogP contribution in [0.25, 0.3) is 32.9 Å². The smallest absolute Gasteiger partial charge is 0.451 e. The van der Waals surface area contributed by atoms with Crippen LogP contribution in [-0.2, 0) is 12.6 Å². The first-order valence-electron chi connectivity index (χ1n) is 19.3. The van der Waals surface area contributed by atoms with Crippen molar-refractivity contribution in [3.05, 3.63) is 65.2 Å². The third kappa shape index (κ3) is 5.96. The van der Waals surface area contributed by atoms with Crippen LogP contribution in [0.5, 0.6) is 17.6 Å². The van der Waals surface area contributed by atoms with Crippen LogP contribution in [0.3, 0.4) is 0 Å². The van der Waals surface area contributed by atoms with Crippen molar-refractivity contribution in [2.75, 3.05) is 31.2 Å². The maximum Gasteiger partial charge on any atom is 0.451 e. The molecule has 5 atom stereocenters. The largest absolute Gasteiger partial charge is 0.508 e. The number of hydrogen-bond donors (Lipinski definition) is 2. The van der Waals surface area contributed by atoms with E-state index in [1.807, 2.05) is 0 Å². The van der Waals surface area contributed by atoms with Gasteiger partial charge in [-0.15, -0.1) is 6.42 Å². The Kier molecular flexibility index (Phi) is 8.42. The molecule has 5 aliphatic rings. The van der Waals surface area contributed by atoms with Gasteiger partial charge >= 0.3 is 12.2 Å². The first-order valence-corrected chi connectivity index (χ1v) is 19.3. The van der Waals surface area contributed by atoms with E-state index in [4.69, 9.17) is 30.8 Å². The van der Waals surface area contributed by atoms with Gasteiger partial charge in [0.1, 0.15) is 41.8 Å². The minimum atomic E-state index is -4.69. The summed E-state index contributed by atoms with van der Waals surface area (Å²) in [5.41, 5.74) is 0.163. The quantitative estimate of drug-likeness (QED) is 0.142. The molecule has 0 unspecified atom stereocenters. The Bertz CT molecular complexity index is 2500. The monoisotopic (exact) mass is 784 g/mol. The molecule has 3 aromatic heterocycles. The number of ether oxygens (including phenoxy) is 2. The molecule has 16 heteroatoms. The Morgan fingerprint density at radius 2 is 1.88 bits per heavy atom. The number of halogens is 5. The number of piperazine rings is 1. The average molecular weight is 785 g/mol. The highest BCUT2D eigenvalue weighted by atomic mass is 19.4. The van der Waals surface area contributed by atoms with Crippen LogP contribution in [0, 0.1) is 24.0 Å². The lowest BCUT2D eigenvalue weighted by Gasteiger charge is -2.41. The molecule has 4 fully saturated rings. The van der Waals surface area contributed by atoms with Crippen LogP contribution in [0.2, 0.25) is 0 Å². The second-order valence-electron chi connectivity index (χ2n) is 15.8. The second-order valence-corrected chi connectivity index (χ2v) is 15.8. The number of rotatable bonds is 7. The van der Waals surface area contributed by atoms with Gasteiger partial charge in [-0.1, -0.05) is 12.0 Å². The van der Waals surface area contributed by atoms with Gasteiger partial charge in [0, 0.05) is 53.9 Å². The van der Waals surface area contributed by atoms with Gasteiger partial charge in [0.2, 0.25) is 11.7 Å². The zero-order chi connectivity index (χ0) is 39.2. The van der Waals surface area contributed by atoms with E-state index in [1.165, 1.54) is 30.3 Å². The Morgan fingerprint density at radius 1 is 1.00 bits per heavy atom. The maximum absolute atomic E-state index is 17.3. The Hall–Kier alpha value is -5.40. The zero-order valence-corrected chi connectivity index (χ0v) is 30.6. The molecule has 2 bridgehead atoms. The highest BCUT2D eigenvalue weighted by Crippen LogP contribution is 2.46. The molecule has 8 heterocycles. The molecule has 4 saturated heterocycles. The Labute approximate surface area is 323 Å². The first-order chi connectivity index (χ1) is 27.5. The number of phenolic OH excluding ortho intramolecular Hbond substituents is 1. The van der Waals surface area contributed by atoms with Gasteiger partial charge < -0.3 is 24.8 Å². The third-order valence-corrected chi connectivity index (χ3v) is 12.6. The maximum atomic E-state index is 17.3. The Morgan fingerprint density at radius 3 is 2.72 bits per heavy atom. The normalized spacial score (nSPS) is 25.4. The molecule has 57 heavy (non-hydrogen) atoms. The number of pyridine rings is 1. The van der Waals surface area contributed by atoms with Crippen molar-refractivity contribution >= 4 is 27.5 Å². The molecule has 0 aliphatic carbocycles. The van der Waals surface area contributed by atoms with Crippen LogP contribution < -0.4 is 19.7 Å². The summed E-state index contributed by atoms with van der Waals surface area (Å²) in [7, 11) is 0.